The first-order valence-corrected chi connectivity index (χ1v) is 9.10. The summed E-state index contributed by atoms with van der Waals surface area (Å²) in [5.74, 6) is 0.765. The smallest absolute Gasteiger partial charge is 0.261 e. The van der Waals surface area contributed by atoms with Crippen LogP contribution in [-0.4, -0.2) is 36.5 Å². The Bertz CT molecular complexity index is 507. The van der Waals surface area contributed by atoms with Gasteiger partial charge in [-0.3, -0.25) is 4.79 Å². The zero-order chi connectivity index (χ0) is 14.8. The van der Waals surface area contributed by atoms with E-state index in [0.29, 0.717) is 5.92 Å². The molecular formula is C17H26N2OS. The second kappa shape index (κ2) is 6.49. The van der Waals surface area contributed by atoms with Gasteiger partial charge in [0.2, 0.25) is 0 Å². The van der Waals surface area contributed by atoms with E-state index in [0.717, 1.165) is 30.3 Å². The van der Waals surface area contributed by atoms with Crippen LogP contribution in [-0.2, 0) is 6.42 Å². The summed E-state index contributed by atoms with van der Waals surface area (Å²) in [6.07, 6.45) is 6.22. The maximum Gasteiger partial charge on any atom is 0.261 e. The number of likely N-dealkylation sites (tertiary alicyclic amines) is 1. The lowest BCUT2D eigenvalue weighted by molar-refractivity contribution is 0.0951. The molecule has 1 aliphatic carbocycles. The molecule has 0 spiro atoms. The number of hydrogen-bond acceptors (Lipinski definition) is 3. The van der Waals surface area contributed by atoms with Crippen LogP contribution in [0.15, 0.2) is 6.07 Å². The third-order valence-corrected chi connectivity index (χ3v) is 5.79. The Morgan fingerprint density at radius 3 is 2.95 bits per heavy atom. The highest BCUT2D eigenvalue weighted by Crippen LogP contribution is 2.31. The number of carbonyl (C=O) groups is 1. The number of hydrogen-bond donors (Lipinski definition) is 1. The molecule has 2 heterocycles. The van der Waals surface area contributed by atoms with Crippen molar-refractivity contribution in [3.63, 3.8) is 0 Å². The molecule has 2 fully saturated rings. The highest BCUT2D eigenvalue weighted by molar-refractivity contribution is 7.14. The van der Waals surface area contributed by atoms with Gasteiger partial charge in [0.15, 0.2) is 0 Å². The van der Waals surface area contributed by atoms with Gasteiger partial charge >= 0.3 is 0 Å². The lowest BCUT2D eigenvalue weighted by atomic mass is 10.1. The normalized spacial score (nSPS) is 22.7. The lowest BCUT2D eigenvalue weighted by Gasteiger charge is -2.14. The first-order valence-electron chi connectivity index (χ1n) is 8.29. The monoisotopic (exact) mass is 306 g/mol. The molecule has 0 aromatic carbocycles. The summed E-state index contributed by atoms with van der Waals surface area (Å²) in [6, 6.07) is 2.95. The van der Waals surface area contributed by atoms with Crippen LogP contribution in [0.1, 0.15) is 52.7 Å². The minimum atomic E-state index is 0.121. The van der Waals surface area contributed by atoms with E-state index in [2.05, 4.69) is 30.1 Å². The summed E-state index contributed by atoms with van der Waals surface area (Å²) in [4.78, 5) is 17.1. The largest absolute Gasteiger partial charge is 0.351 e. The van der Waals surface area contributed by atoms with E-state index in [1.165, 1.54) is 42.8 Å². The Kier molecular flexibility index (Phi) is 4.65. The van der Waals surface area contributed by atoms with E-state index < -0.39 is 0 Å². The van der Waals surface area contributed by atoms with Gasteiger partial charge in [0.25, 0.3) is 5.91 Å². The molecule has 1 aromatic heterocycles. The zero-order valence-corrected chi connectivity index (χ0v) is 14.0. The molecule has 1 aliphatic heterocycles. The topological polar surface area (TPSA) is 32.3 Å². The Morgan fingerprint density at radius 1 is 1.43 bits per heavy atom. The maximum atomic E-state index is 12.3. The van der Waals surface area contributed by atoms with Crippen molar-refractivity contribution in [1.29, 1.82) is 0 Å². The van der Waals surface area contributed by atoms with Crippen molar-refractivity contribution >= 4 is 17.2 Å². The zero-order valence-electron chi connectivity index (χ0n) is 13.2. The minimum Gasteiger partial charge on any atom is -0.351 e. The molecule has 1 N–H and O–H groups in total. The van der Waals surface area contributed by atoms with Crippen molar-refractivity contribution in [3.05, 3.63) is 21.4 Å². The predicted octanol–water partition coefficient (Wildman–Crippen LogP) is 3.22. The van der Waals surface area contributed by atoms with Crippen LogP contribution in [0, 0.1) is 12.8 Å². The Labute approximate surface area is 131 Å². The van der Waals surface area contributed by atoms with E-state index in [-0.39, 0.29) is 5.91 Å². The molecule has 21 heavy (non-hydrogen) atoms. The van der Waals surface area contributed by atoms with Crippen molar-refractivity contribution in [1.82, 2.24) is 10.2 Å². The molecule has 0 bridgehead atoms. The average Bonchev–Trinajstić information content (AvgIpc) is 3.11. The van der Waals surface area contributed by atoms with Gasteiger partial charge in [-0.25, -0.2) is 0 Å². The summed E-state index contributed by atoms with van der Waals surface area (Å²) < 4.78 is 0. The van der Waals surface area contributed by atoms with Crippen molar-refractivity contribution in [3.8, 4) is 0 Å². The third-order valence-electron chi connectivity index (χ3n) is 4.70. The molecule has 1 aromatic rings. The molecule has 116 valence electrons. The number of aryl methyl sites for hydroxylation is 2. The number of amides is 1. The quantitative estimate of drug-likeness (QED) is 0.875. The van der Waals surface area contributed by atoms with Crippen LogP contribution >= 0.6 is 11.3 Å². The first-order chi connectivity index (χ1) is 10.2. The van der Waals surface area contributed by atoms with Crippen molar-refractivity contribution in [2.45, 2.75) is 52.0 Å². The molecule has 0 unspecified atom stereocenters. The molecule has 1 amide bonds. The molecular weight excluding hydrogens is 280 g/mol. The molecule has 1 atom stereocenters. The van der Waals surface area contributed by atoms with Gasteiger partial charge in [-0.15, -0.1) is 11.3 Å². The molecule has 1 saturated heterocycles. The summed E-state index contributed by atoms with van der Waals surface area (Å²) in [5, 5.41) is 3.15. The van der Waals surface area contributed by atoms with Gasteiger partial charge in [-0.2, -0.15) is 0 Å². The van der Waals surface area contributed by atoms with Crippen molar-refractivity contribution in [2.24, 2.45) is 5.92 Å². The standard InChI is InChI=1S/C17H26N2OS/c1-3-4-14-9-16(21-12(14)2)17(20)18-10-13-7-8-19(11-13)15-5-6-15/h9,13,15H,3-8,10-11H2,1-2H3,(H,18,20)/t13-/m0/s1. The summed E-state index contributed by atoms with van der Waals surface area (Å²) in [7, 11) is 0. The van der Waals surface area contributed by atoms with Gasteiger partial charge in [-0.1, -0.05) is 13.3 Å². The molecule has 4 heteroatoms. The number of nitrogens with zero attached hydrogens (tertiary/aromatic N) is 1. The average molecular weight is 306 g/mol. The van der Waals surface area contributed by atoms with Gasteiger partial charge in [-0.05, 0) is 56.7 Å². The fourth-order valence-corrected chi connectivity index (χ4v) is 4.26. The molecule has 3 nitrogen and oxygen atoms in total. The predicted molar refractivity (Wildman–Crippen MR) is 88.1 cm³/mol. The second-order valence-electron chi connectivity index (χ2n) is 6.53. The van der Waals surface area contributed by atoms with E-state index in [1.54, 1.807) is 11.3 Å². The maximum absolute atomic E-state index is 12.3. The van der Waals surface area contributed by atoms with E-state index in [9.17, 15) is 4.79 Å². The molecule has 0 radical (unpaired) electrons. The third kappa shape index (κ3) is 3.67. The fourth-order valence-electron chi connectivity index (χ4n) is 3.27. The van der Waals surface area contributed by atoms with E-state index in [1.807, 2.05) is 0 Å². The van der Waals surface area contributed by atoms with Crippen LogP contribution in [0.25, 0.3) is 0 Å². The van der Waals surface area contributed by atoms with Crippen LogP contribution in [0.3, 0.4) is 0 Å². The number of nitrogens with one attached hydrogen (secondary N) is 1. The van der Waals surface area contributed by atoms with E-state index >= 15 is 0 Å². The van der Waals surface area contributed by atoms with Gasteiger partial charge in [0.1, 0.15) is 0 Å². The number of thiophene rings is 1. The van der Waals surface area contributed by atoms with Gasteiger partial charge in [0.05, 0.1) is 4.88 Å². The lowest BCUT2D eigenvalue weighted by Crippen LogP contribution is -2.31. The van der Waals surface area contributed by atoms with E-state index in [4.69, 9.17) is 0 Å². The van der Waals surface area contributed by atoms with Crippen LogP contribution < -0.4 is 5.32 Å². The van der Waals surface area contributed by atoms with Gasteiger partial charge in [0, 0.05) is 24.0 Å². The Hall–Kier alpha value is -0.870. The van der Waals surface area contributed by atoms with Crippen molar-refractivity contribution in [2.75, 3.05) is 19.6 Å². The first kappa shape index (κ1) is 15.0. The Balaban J connectivity index is 1.48. The highest BCUT2D eigenvalue weighted by atomic mass is 32.1. The van der Waals surface area contributed by atoms with Crippen LogP contribution in [0.4, 0.5) is 0 Å². The van der Waals surface area contributed by atoms with Crippen molar-refractivity contribution < 1.29 is 4.79 Å². The second-order valence-corrected chi connectivity index (χ2v) is 7.79. The number of carbonyl (C=O) groups excluding carboxylic acids is 1. The van der Waals surface area contributed by atoms with Gasteiger partial charge < -0.3 is 10.2 Å². The minimum absolute atomic E-state index is 0.121. The summed E-state index contributed by atoms with van der Waals surface area (Å²) >= 11 is 1.64. The molecule has 3 rings (SSSR count). The fraction of sp³-hybridized carbons (Fsp3) is 0.706. The Morgan fingerprint density at radius 2 is 2.24 bits per heavy atom. The van der Waals surface area contributed by atoms with Crippen LogP contribution in [0.2, 0.25) is 0 Å². The number of rotatable bonds is 6. The molecule has 2 aliphatic rings. The summed E-state index contributed by atoms with van der Waals surface area (Å²) in [6.45, 7) is 7.54. The summed E-state index contributed by atoms with van der Waals surface area (Å²) in [5.41, 5.74) is 1.34. The highest BCUT2D eigenvalue weighted by Gasteiger charge is 2.34. The van der Waals surface area contributed by atoms with Crippen LogP contribution in [0.5, 0.6) is 0 Å². The SMILES string of the molecule is CCCc1cc(C(=O)NC[C@@H]2CCN(C3CC3)C2)sc1C. The molecule has 1 saturated carbocycles.